The lowest BCUT2D eigenvalue weighted by Gasteiger charge is -2.06. The summed E-state index contributed by atoms with van der Waals surface area (Å²) in [7, 11) is 0. The molecule has 0 aliphatic heterocycles. The summed E-state index contributed by atoms with van der Waals surface area (Å²) in [6.45, 7) is 0. The van der Waals surface area contributed by atoms with E-state index < -0.39 is 0 Å². The highest BCUT2D eigenvalue weighted by atomic mass is 79.9. The molecule has 1 aromatic rings. The van der Waals surface area contributed by atoms with Crippen LogP contribution < -0.4 is 0 Å². The average Bonchev–Trinajstić information content (AvgIpc) is 2.08. The van der Waals surface area contributed by atoms with Crippen LogP contribution in [0.1, 0.15) is 0 Å². The highest BCUT2D eigenvalue weighted by molar-refractivity contribution is 9.15. The molecule has 0 unspecified atom stereocenters. The Bertz CT molecular complexity index is 230. The van der Waals surface area contributed by atoms with E-state index in [2.05, 4.69) is 79.6 Å². The van der Waals surface area contributed by atoms with E-state index >= 15 is 0 Å². The van der Waals surface area contributed by atoms with Gasteiger partial charge in [-0.2, -0.15) is 0 Å². The standard InChI is InChI=1S/C6Br5F/c7-1-2(8)4(10)6(12)5(11)3(1)9. The summed E-state index contributed by atoms with van der Waals surface area (Å²) in [5, 5.41) is 0. The van der Waals surface area contributed by atoms with Gasteiger partial charge in [-0.1, -0.05) is 0 Å². The number of rotatable bonds is 0. The number of halogens is 6. The maximum atomic E-state index is 13.3. The molecule has 0 saturated heterocycles. The Balaban J connectivity index is 3.60. The van der Waals surface area contributed by atoms with Gasteiger partial charge in [0.2, 0.25) is 0 Å². The summed E-state index contributed by atoms with van der Waals surface area (Å²) >= 11 is 16.0. The van der Waals surface area contributed by atoms with Gasteiger partial charge in [-0.05, 0) is 79.6 Å². The van der Waals surface area contributed by atoms with Gasteiger partial charge >= 0.3 is 0 Å². The molecule has 0 atom stereocenters. The summed E-state index contributed by atoms with van der Waals surface area (Å²) in [4.78, 5) is 0. The predicted molar refractivity (Wildman–Crippen MR) is 64.9 cm³/mol. The van der Waals surface area contributed by atoms with Crippen LogP contribution in [0.3, 0.4) is 0 Å². The van der Waals surface area contributed by atoms with Crippen LogP contribution in [-0.2, 0) is 0 Å². The Hall–Kier alpha value is 1.55. The lowest BCUT2D eigenvalue weighted by molar-refractivity contribution is 0.611. The van der Waals surface area contributed by atoms with Crippen LogP contribution in [0.15, 0.2) is 22.4 Å². The van der Waals surface area contributed by atoms with Gasteiger partial charge in [-0.25, -0.2) is 4.39 Å². The third-order valence-corrected chi connectivity index (χ3v) is 7.15. The molecule has 0 fully saturated rings. The molecule has 0 spiro atoms. The van der Waals surface area contributed by atoms with Crippen molar-refractivity contribution in [1.29, 1.82) is 0 Å². The fourth-order valence-corrected chi connectivity index (χ4v) is 3.58. The Kier molecular flexibility index (Phi) is 4.24. The Labute approximate surface area is 111 Å². The normalized spacial score (nSPS) is 10.5. The minimum Gasteiger partial charge on any atom is -0.204 e. The second-order valence-corrected chi connectivity index (χ2v) is 5.85. The number of hydrogen-bond donors (Lipinski definition) is 0. The summed E-state index contributed by atoms with van der Waals surface area (Å²) in [6.07, 6.45) is 0. The predicted octanol–water partition coefficient (Wildman–Crippen LogP) is 5.64. The fraction of sp³-hybridized carbons (Fsp3) is 0. The van der Waals surface area contributed by atoms with Crippen molar-refractivity contribution in [2.24, 2.45) is 0 Å². The van der Waals surface area contributed by atoms with E-state index in [1.807, 2.05) is 0 Å². The molecule has 0 aromatic heterocycles. The van der Waals surface area contributed by atoms with E-state index in [-0.39, 0.29) is 5.82 Å². The highest BCUT2D eigenvalue weighted by Crippen LogP contribution is 2.43. The molecule has 0 heterocycles. The number of benzene rings is 1. The molecule has 0 radical (unpaired) electrons. The second-order valence-electron chi connectivity index (χ2n) is 1.88. The van der Waals surface area contributed by atoms with Crippen LogP contribution in [0.25, 0.3) is 0 Å². The zero-order valence-electron chi connectivity index (χ0n) is 5.27. The zero-order chi connectivity index (χ0) is 9.46. The van der Waals surface area contributed by atoms with Crippen molar-refractivity contribution in [3.05, 3.63) is 28.2 Å². The molecule has 1 rings (SSSR count). The monoisotopic (exact) mass is 486 g/mol. The lowest BCUT2D eigenvalue weighted by atomic mass is 10.3. The Morgan fingerprint density at radius 1 is 0.583 bits per heavy atom. The lowest BCUT2D eigenvalue weighted by Crippen LogP contribution is -1.86. The van der Waals surface area contributed by atoms with E-state index in [0.717, 1.165) is 4.47 Å². The molecule has 12 heavy (non-hydrogen) atoms. The molecule has 6 heteroatoms. The number of hydrogen-bond acceptors (Lipinski definition) is 0. The fourth-order valence-electron chi connectivity index (χ4n) is 0.578. The van der Waals surface area contributed by atoms with E-state index in [1.165, 1.54) is 0 Å². The minimum absolute atomic E-state index is 0.336. The van der Waals surface area contributed by atoms with Gasteiger partial charge in [0.15, 0.2) is 5.82 Å². The van der Waals surface area contributed by atoms with Gasteiger partial charge in [-0.15, -0.1) is 0 Å². The summed E-state index contributed by atoms with van der Waals surface area (Å²) in [5.41, 5.74) is 0. The van der Waals surface area contributed by atoms with Crippen molar-refractivity contribution in [2.75, 3.05) is 0 Å². The molecule has 0 saturated carbocycles. The van der Waals surface area contributed by atoms with Gasteiger partial charge < -0.3 is 0 Å². The molecule has 0 amide bonds. The summed E-state index contributed by atoms with van der Waals surface area (Å²) in [5.74, 6) is -0.336. The van der Waals surface area contributed by atoms with Gasteiger partial charge in [0.05, 0.1) is 17.9 Å². The first kappa shape index (κ1) is 11.6. The first-order valence-corrected chi connectivity index (χ1v) is 6.60. The minimum atomic E-state index is -0.336. The molecule has 0 aliphatic carbocycles. The van der Waals surface area contributed by atoms with E-state index in [1.54, 1.807) is 0 Å². The first-order chi connectivity index (χ1) is 5.46. The smallest absolute Gasteiger partial charge is 0.153 e. The largest absolute Gasteiger partial charge is 0.204 e. The van der Waals surface area contributed by atoms with Gasteiger partial charge in [-0.3, -0.25) is 0 Å². The van der Waals surface area contributed by atoms with Crippen molar-refractivity contribution in [1.82, 2.24) is 0 Å². The van der Waals surface area contributed by atoms with Crippen molar-refractivity contribution in [3.8, 4) is 0 Å². The van der Waals surface area contributed by atoms with Crippen LogP contribution in [-0.4, -0.2) is 0 Å². The van der Waals surface area contributed by atoms with E-state index in [0.29, 0.717) is 17.9 Å². The van der Waals surface area contributed by atoms with Crippen molar-refractivity contribution in [3.63, 3.8) is 0 Å². The van der Waals surface area contributed by atoms with Crippen molar-refractivity contribution < 1.29 is 4.39 Å². The molecular formula is C6Br5F. The molecule has 1 aromatic carbocycles. The quantitative estimate of drug-likeness (QED) is 0.326. The summed E-state index contributed by atoms with van der Waals surface area (Å²) in [6, 6.07) is 0. The molecular weight excluding hydrogens is 491 g/mol. The van der Waals surface area contributed by atoms with Crippen LogP contribution in [0.5, 0.6) is 0 Å². The van der Waals surface area contributed by atoms with E-state index in [4.69, 9.17) is 0 Å². The first-order valence-electron chi connectivity index (χ1n) is 2.63. The topological polar surface area (TPSA) is 0 Å². The maximum Gasteiger partial charge on any atom is 0.153 e. The molecule has 66 valence electrons. The highest BCUT2D eigenvalue weighted by Gasteiger charge is 2.16. The molecule has 0 aliphatic rings. The zero-order valence-corrected chi connectivity index (χ0v) is 13.2. The third-order valence-electron chi connectivity index (χ3n) is 1.16. The van der Waals surface area contributed by atoms with Crippen LogP contribution in [0.2, 0.25) is 0 Å². The SMILES string of the molecule is Fc1c(Br)c(Br)c(Br)c(Br)c1Br. The van der Waals surface area contributed by atoms with E-state index in [9.17, 15) is 4.39 Å². The maximum absolute atomic E-state index is 13.3. The van der Waals surface area contributed by atoms with Crippen molar-refractivity contribution >= 4 is 79.6 Å². The molecule has 0 N–H and O–H groups in total. The third kappa shape index (κ3) is 1.97. The van der Waals surface area contributed by atoms with Gasteiger partial charge in [0.1, 0.15) is 0 Å². The molecule has 0 nitrogen and oxygen atoms in total. The van der Waals surface area contributed by atoms with Crippen LogP contribution >= 0.6 is 79.6 Å². The van der Waals surface area contributed by atoms with Gasteiger partial charge in [0, 0.05) is 4.47 Å². The van der Waals surface area contributed by atoms with Crippen molar-refractivity contribution in [2.45, 2.75) is 0 Å². The van der Waals surface area contributed by atoms with Crippen LogP contribution in [0.4, 0.5) is 4.39 Å². The average molecular weight is 491 g/mol. The second kappa shape index (κ2) is 4.38. The summed E-state index contributed by atoms with van der Waals surface area (Å²) < 4.78 is 16.1. The molecule has 0 bridgehead atoms. The van der Waals surface area contributed by atoms with Crippen LogP contribution in [0, 0.1) is 5.82 Å². The van der Waals surface area contributed by atoms with Gasteiger partial charge in [0.25, 0.3) is 0 Å². The Morgan fingerprint density at radius 3 is 1.17 bits per heavy atom. The Morgan fingerprint density at radius 2 is 0.833 bits per heavy atom.